The van der Waals surface area contributed by atoms with Crippen molar-refractivity contribution in [3.05, 3.63) is 17.9 Å². The van der Waals surface area contributed by atoms with Gasteiger partial charge in [0.1, 0.15) is 12.8 Å². The van der Waals surface area contributed by atoms with Crippen LogP contribution in [-0.4, -0.2) is 42.1 Å². The van der Waals surface area contributed by atoms with Gasteiger partial charge in [0, 0.05) is 12.6 Å². The first kappa shape index (κ1) is 18.7. The summed E-state index contributed by atoms with van der Waals surface area (Å²) in [6.07, 6.45) is -4.94. The number of hydrogen-bond donors (Lipinski definition) is 2. The smallest absolute Gasteiger partial charge is 0.448 e. The van der Waals surface area contributed by atoms with E-state index in [0.717, 1.165) is 0 Å². The zero-order chi connectivity index (χ0) is 18.8. The molecule has 2 N–H and O–H groups in total. The van der Waals surface area contributed by atoms with Gasteiger partial charge >= 0.3 is 18.1 Å². The fourth-order valence-electron chi connectivity index (χ4n) is 2.00. The van der Waals surface area contributed by atoms with Gasteiger partial charge in [0.25, 0.3) is 0 Å². The highest BCUT2D eigenvalue weighted by atomic mass is 19.4. The maximum absolute atomic E-state index is 13.1. The standard InChI is InChI=1S/C13H13F5N4O3/c1-2-3-22-5-8(23)19-10(22)21-11(24)20-9-4-7(6-25-9)12(14,15)13(16,17)18/h4,6H,2-3,5H2,1H3,(H2,19,20,21,23,24). The molecule has 1 aromatic rings. The summed E-state index contributed by atoms with van der Waals surface area (Å²) in [4.78, 5) is 28.1. The number of nitrogens with one attached hydrogen (secondary N) is 2. The van der Waals surface area contributed by atoms with Gasteiger partial charge in [-0.15, -0.1) is 0 Å². The minimum atomic E-state index is -5.80. The molecule has 1 aromatic heterocycles. The lowest BCUT2D eigenvalue weighted by atomic mass is 10.2. The molecule has 2 heterocycles. The number of aliphatic imine (C=N–C) groups is 1. The lowest BCUT2D eigenvalue weighted by Crippen LogP contribution is -2.33. The highest BCUT2D eigenvalue weighted by Crippen LogP contribution is 2.44. The van der Waals surface area contributed by atoms with Crippen LogP contribution in [0.3, 0.4) is 0 Å². The Labute approximate surface area is 137 Å². The van der Waals surface area contributed by atoms with Gasteiger partial charge in [0.2, 0.25) is 17.8 Å². The van der Waals surface area contributed by atoms with Crippen molar-refractivity contribution >= 4 is 23.8 Å². The Morgan fingerprint density at radius 2 is 2.08 bits per heavy atom. The molecule has 1 aliphatic heterocycles. The summed E-state index contributed by atoms with van der Waals surface area (Å²) in [5.74, 6) is -6.19. The predicted octanol–water partition coefficient (Wildman–Crippen LogP) is 2.66. The Hall–Kier alpha value is -2.66. The van der Waals surface area contributed by atoms with E-state index in [2.05, 4.69) is 14.7 Å². The summed E-state index contributed by atoms with van der Waals surface area (Å²) < 4.78 is 67.6. The highest BCUT2D eigenvalue weighted by molar-refractivity contribution is 6.09. The first-order valence-electron chi connectivity index (χ1n) is 7.02. The van der Waals surface area contributed by atoms with Gasteiger partial charge in [-0.25, -0.2) is 4.79 Å². The summed E-state index contributed by atoms with van der Waals surface area (Å²) in [6.45, 7) is 2.28. The van der Waals surface area contributed by atoms with E-state index in [9.17, 15) is 31.5 Å². The predicted molar refractivity (Wildman–Crippen MR) is 75.1 cm³/mol. The van der Waals surface area contributed by atoms with Crippen LogP contribution in [0.25, 0.3) is 0 Å². The Balaban J connectivity index is 2.09. The first-order valence-corrected chi connectivity index (χ1v) is 7.02. The Morgan fingerprint density at radius 1 is 1.40 bits per heavy atom. The summed E-state index contributed by atoms with van der Waals surface area (Å²) in [6, 6.07) is -0.752. The van der Waals surface area contributed by atoms with E-state index in [1.807, 2.05) is 12.2 Å². The zero-order valence-electron chi connectivity index (χ0n) is 12.8. The molecular weight excluding hydrogens is 355 g/mol. The van der Waals surface area contributed by atoms with E-state index in [4.69, 9.17) is 0 Å². The van der Waals surface area contributed by atoms with Crippen LogP contribution in [0.2, 0.25) is 0 Å². The van der Waals surface area contributed by atoms with Crippen molar-refractivity contribution in [2.75, 3.05) is 18.4 Å². The van der Waals surface area contributed by atoms with E-state index in [1.54, 1.807) is 0 Å². The summed E-state index contributed by atoms with van der Waals surface area (Å²) >= 11 is 0. The molecule has 0 atom stereocenters. The second-order valence-corrected chi connectivity index (χ2v) is 5.11. The van der Waals surface area contributed by atoms with Gasteiger partial charge < -0.3 is 9.32 Å². The number of amides is 3. The number of nitrogens with zero attached hydrogens (tertiary/aromatic N) is 2. The van der Waals surface area contributed by atoms with Gasteiger partial charge in [-0.3, -0.25) is 15.4 Å². The van der Waals surface area contributed by atoms with E-state index >= 15 is 0 Å². The maximum atomic E-state index is 13.1. The van der Waals surface area contributed by atoms with Crippen molar-refractivity contribution in [1.29, 1.82) is 0 Å². The van der Waals surface area contributed by atoms with Crippen LogP contribution in [0, 0.1) is 0 Å². The SMILES string of the molecule is CCCN1CC(=O)NC1=NC(=O)Nc1cc(C(F)(F)C(F)(F)F)co1. The third-order valence-corrected chi connectivity index (χ3v) is 3.13. The summed E-state index contributed by atoms with van der Waals surface area (Å²) in [7, 11) is 0. The molecule has 0 bridgehead atoms. The second kappa shape index (κ2) is 6.69. The van der Waals surface area contributed by atoms with Crippen molar-refractivity contribution in [2.24, 2.45) is 4.99 Å². The fraction of sp³-hybridized carbons (Fsp3) is 0.462. The van der Waals surface area contributed by atoms with E-state index in [0.29, 0.717) is 19.0 Å². The number of rotatable bonds is 4. The molecule has 0 radical (unpaired) electrons. The summed E-state index contributed by atoms with van der Waals surface area (Å²) in [5, 5.41) is 4.25. The van der Waals surface area contributed by atoms with Crippen LogP contribution in [0.4, 0.5) is 32.6 Å². The Kier molecular flexibility index (Phi) is 4.99. The second-order valence-electron chi connectivity index (χ2n) is 5.11. The molecule has 138 valence electrons. The Bertz CT molecular complexity index is 698. The lowest BCUT2D eigenvalue weighted by molar-refractivity contribution is -0.289. The van der Waals surface area contributed by atoms with Crippen molar-refractivity contribution in [1.82, 2.24) is 10.2 Å². The van der Waals surface area contributed by atoms with Crippen LogP contribution in [0.1, 0.15) is 18.9 Å². The monoisotopic (exact) mass is 368 g/mol. The molecule has 1 fully saturated rings. The molecule has 25 heavy (non-hydrogen) atoms. The van der Waals surface area contributed by atoms with Crippen molar-refractivity contribution in [3.8, 4) is 0 Å². The van der Waals surface area contributed by atoms with E-state index in [1.165, 1.54) is 4.90 Å². The molecular formula is C13H13F5N4O3. The van der Waals surface area contributed by atoms with Gasteiger partial charge in [-0.2, -0.15) is 26.9 Å². The number of guanidine groups is 1. The number of furan rings is 1. The maximum Gasteiger partial charge on any atom is 0.458 e. The molecule has 0 spiro atoms. The fourth-order valence-corrected chi connectivity index (χ4v) is 2.00. The zero-order valence-corrected chi connectivity index (χ0v) is 12.8. The Morgan fingerprint density at radius 3 is 2.68 bits per heavy atom. The minimum Gasteiger partial charge on any atom is -0.448 e. The molecule has 1 saturated heterocycles. The number of hydrogen-bond acceptors (Lipinski definition) is 3. The van der Waals surface area contributed by atoms with Crippen LogP contribution in [-0.2, 0) is 10.7 Å². The van der Waals surface area contributed by atoms with E-state index < -0.39 is 29.6 Å². The van der Waals surface area contributed by atoms with Crippen molar-refractivity contribution in [3.63, 3.8) is 0 Å². The van der Waals surface area contributed by atoms with Crippen LogP contribution in [0.5, 0.6) is 0 Å². The third kappa shape index (κ3) is 4.06. The van der Waals surface area contributed by atoms with Crippen molar-refractivity contribution < 1.29 is 36.0 Å². The molecule has 12 heteroatoms. The number of urea groups is 1. The highest BCUT2D eigenvalue weighted by Gasteiger charge is 2.59. The van der Waals surface area contributed by atoms with Gasteiger partial charge in [-0.05, 0) is 6.42 Å². The van der Waals surface area contributed by atoms with Crippen molar-refractivity contribution in [2.45, 2.75) is 25.4 Å². The molecule has 0 saturated carbocycles. The number of carbonyl (C=O) groups is 2. The number of anilines is 1. The topological polar surface area (TPSA) is 86.9 Å². The molecule has 1 aliphatic rings. The van der Waals surface area contributed by atoms with Crippen LogP contribution >= 0.6 is 0 Å². The van der Waals surface area contributed by atoms with Crippen LogP contribution in [0.15, 0.2) is 21.7 Å². The van der Waals surface area contributed by atoms with Gasteiger partial charge in [0.15, 0.2) is 0 Å². The van der Waals surface area contributed by atoms with Gasteiger partial charge in [0.05, 0.1) is 5.56 Å². The van der Waals surface area contributed by atoms with E-state index in [-0.39, 0.29) is 24.7 Å². The first-order chi connectivity index (χ1) is 11.5. The molecule has 0 aromatic carbocycles. The third-order valence-electron chi connectivity index (χ3n) is 3.13. The normalized spacial score (nSPS) is 17.1. The average molecular weight is 368 g/mol. The quantitative estimate of drug-likeness (QED) is 0.800. The number of carbonyl (C=O) groups excluding carboxylic acids is 2. The molecule has 3 amide bonds. The average Bonchev–Trinajstić information content (AvgIpc) is 3.06. The van der Waals surface area contributed by atoms with Gasteiger partial charge in [-0.1, -0.05) is 6.92 Å². The number of halogens is 5. The minimum absolute atomic E-state index is 0.00264. The molecule has 0 unspecified atom stereocenters. The summed E-state index contributed by atoms with van der Waals surface area (Å²) in [5.41, 5.74) is -1.45. The molecule has 0 aliphatic carbocycles. The largest absolute Gasteiger partial charge is 0.458 e. The van der Waals surface area contributed by atoms with Crippen LogP contribution < -0.4 is 10.6 Å². The molecule has 7 nitrogen and oxygen atoms in total. The lowest BCUT2D eigenvalue weighted by Gasteiger charge is -2.17. The number of alkyl halides is 5. The molecule has 2 rings (SSSR count).